The van der Waals surface area contributed by atoms with Crippen molar-refractivity contribution in [2.24, 2.45) is 0 Å². The van der Waals surface area contributed by atoms with Gasteiger partial charge in [0.25, 0.3) is 11.8 Å². The van der Waals surface area contributed by atoms with Crippen molar-refractivity contribution in [3.05, 3.63) is 71.3 Å². The molecule has 3 aliphatic rings. The molecule has 9 nitrogen and oxygen atoms in total. The van der Waals surface area contributed by atoms with E-state index in [9.17, 15) is 24.3 Å². The second kappa shape index (κ2) is 8.86. The summed E-state index contributed by atoms with van der Waals surface area (Å²) in [6, 6.07) is 13.1. The molecule has 176 valence electrons. The van der Waals surface area contributed by atoms with Crippen LogP contribution in [0.1, 0.15) is 32.7 Å². The van der Waals surface area contributed by atoms with E-state index in [0.717, 1.165) is 10.5 Å². The third-order valence-corrected chi connectivity index (χ3v) is 8.01. The van der Waals surface area contributed by atoms with Crippen LogP contribution in [0.15, 0.2) is 54.6 Å². The van der Waals surface area contributed by atoms with Crippen LogP contribution in [-0.2, 0) is 25.7 Å². The number of thioether (sulfide) groups is 1. The standard InChI is InChI=1S/C24H22N2O7S/c27-20-15-8-4-5-9-16(15)21(28)26(20)17(22(29)30)19-25-18(24(34-19)10-11-32-13-24)23(31)33-12-14-6-2-1-3-7-14/h1-9,17-19,25H,10-13H2,(H,29,30). The van der Waals surface area contributed by atoms with Gasteiger partial charge in [0.15, 0.2) is 6.04 Å². The minimum absolute atomic E-state index is 0.0743. The van der Waals surface area contributed by atoms with Crippen LogP contribution >= 0.6 is 11.8 Å². The van der Waals surface area contributed by atoms with Crippen molar-refractivity contribution in [2.75, 3.05) is 13.2 Å². The van der Waals surface area contributed by atoms with Crippen molar-refractivity contribution >= 4 is 35.5 Å². The van der Waals surface area contributed by atoms with E-state index in [1.165, 1.54) is 23.9 Å². The highest BCUT2D eigenvalue weighted by atomic mass is 32.2. The molecule has 4 unspecified atom stereocenters. The highest BCUT2D eigenvalue weighted by molar-refractivity contribution is 8.01. The maximum atomic E-state index is 13.1. The van der Waals surface area contributed by atoms with Gasteiger partial charge in [0.05, 0.1) is 27.9 Å². The van der Waals surface area contributed by atoms with Crippen molar-refractivity contribution in [2.45, 2.75) is 35.2 Å². The van der Waals surface area contributed by atoms with E-state index in [1.54, 1.807) is 12.1 Å². The van der Waals surface area contributed by atoms with Crippen LogP contribution in [0.3, 0.4) is 0 Å². The number of hydrogen-bond donors (Lipinski definition) is 2. The number of carboxylic acids is 1. The van der Waals surface area contributed by atoms with Crippen LogP contribution in [0.5, 0.6) is 0 Å². The predicted molar refractivity (Wildman–Crippen MR) is 121 cm³/mol. The van der Waals surface area contributed by atoms with Crippen LogP contribution in [0.4, 0.5) is 0 Å². The summed E-state index contributed by atoms with van der Waals surface area (Å²) >= 11 is 1.22. The van der Waals surface area contributed by atoms with Gasteiger partial charge in [-0.05, 0) is 24.1 Å². The molecule has 2 aromatic carbocycles. The molecule has 1 spiro atoms. The Balaban J connectivity index is 1.40. The first-order valence-electron chi connectivity index (χ1n) is 10.8. The first-order valence-corrected chi connectivity index (χ1v) is 11.7. The van der Waals surface area contributed by atoms with E-state index in [-0.39, 0.29) is 24.3 Å². The molecule has 2 N–H and O–H groups in total. The highest BCUT2D eigenvalue weighted by Crippen LogP contribution is 2.47. The van der Waals surface area contributed by atoms with Gasteiger partial charge in [-0.3, -0.25) is 24.6 Å². The van der Waals surface area contributed by atoms with Gasteiger partial charge >= 0.3 is 11.9 Å². The number of ether oxygens (including phenoxy) is 2. The van der Waals surface area contributed by atoms with Crippen LogP contribution < -0.4 is 5.32 Å². The van der Waals surface area contributed by atoms with Crippen LogP contribution in [-0.4, -0.2) is 69.2 Å². The lowest BCUT2D eigenvalue weighted by molar-refractivity contribution is -0.149. The number of amides is 2. The third-order valence-electron chi connectivity index (χ3n) is 6.34. The van der Waals surface area contributed by atoms with E-state index < -0.39 is 46.0 Å². The number of fused-ring (bicyclic) bond motifs is 1. The summed E-state index contributed by atoms with van der Waals surface area (Å²) in [4.78, 5) is 52.2. The molecule has 0 aliphatic carbocycles. The topological polar surface area (TPSA) is 122 Å². The fraction of sp³-hybridized carbons (Fsp3) is 0.333. The molecule has 3 aliphatic heterocycles. The minimum Gasteiger partial charge on any atom is -0.480 e. The number of hydrogen-bond acceptors (Lipinski definition) is 8. The Labute approximate surface area is 199 Å². The van der Waals surface area contributed by atoms with Gasteiger partial charge < -0.3 is 14.6 Å². The molecule has 10 heteroatoms. The van der Waals surface area contributed by atoms with Gasteiger partial charge in [-0.1, -0.05) is 42.5 Å². The summed E-state index contributed by atoms with van der Waals surface area (Å²) in [5, 5.41) is 12.2. The maximum Gasteiger partial charge on any atom is 0.329 e. The molecule has 3 heterocycles. The molecule has 0 saturated carbocycles. The summed E-state index contributed by atoms with van der Waals surface area (Å²) in [7, 11) is 0. The average Bonchev–Trinajstić information content (AvgIpc) is 3.53. The number of nitrogens with one attached hydrogen (secondary N) is 1. The van der Waals surface area contributed by atoms with Crippen LogP contribution in [0.25, 0.3) is 0 Å². The zero-order valence-electron chi connectivity index (χ0n) is 18.0. The number of nitrogens with zero attached hydrogens (tertiary/aromatic N) is 1. The summed E-state index contributed by atoms with van der Waals surface area (Å²) in [6.07, 6.45) is 0.501. The van der Waals surface area contributed by atoms with E-state index in [0.29, 0.717) is 13.0 Å². The summed E-state index contributed by atoms with van der Waals surface area (Å²) in [6.45, 7) is 0.709. The van der Waals surface area contributed by atoms with Gasteiger partial charge in [-0.25, -0.2) is 4.79 Å². The second-order valence-corrected chi connectivity index (χ2v) is 9.96. The molecule has 0 aromatic heterocycles. The second-order valence-electron chi connectivity index (χ2n) is 8.41. The fourth-order valence-corrected chi connectivity index (χ4v) is 6.37. The van der Waals surface area contributed by atoms with Crippen molar-refractivity contribution in [1.82, 2.24) is 10.2 Å². The monoisotopic (exact) mass is 482 g/mol. The average molecular weight is 483 g/mol. The molecule has 2 saturated heterocycles. The third kappa shape index (κ3) is 3.77. The Morgan fingerprint density at radius 2 is 1.76 bits per heavy atom. The molecular formula is C24H22N2O7S. The summed E-state index contributed by atoms with van der Waals surface area (Å²) in [5.74, 6) is -3.20. The van der Waals surface area contributed by atoms with Gasteiger partial charge in [0.2, 0.25) is 0 Å². The first kappa shape index (κ1) is 22.6. The Bertz CT molecular complexity index is 1110. The first-order chi connectivity index (χ1) is 16.4. The SMILES string of the molecule is O=C(O)C(C1NC(C(=O)OCc2ccccc2)C2(CCOC2)S1)N1C(=O)c2ccccc2C1=O. The fourth-order valence-electron chi connectivity index (χ4n) is 4.64. The number of imide groups is 1. The van der Waals surface area contributed by atoms with Crippen LogP contribution in [0.2, 0.25) is 0 Å². The smallest absolute Gasteiger partial charge is 0.329 e. The zero-order chi connectivity index (χ0) is 23.9. The Kier molecular flexibility index (Phi) is 5.88. The Hall–Kier alpha value is -3.21. The Morgan fingerprint density at radius 3 is 2.35 bits per heavy atom. The molecule has 4 atom stereocenters. The van der Waals surface area contributed by atoms with Crippen molar-refractivity contribution in [3.63, 3.8) is 0 Å². The Morgan fingerprint density at radius 1 is 1.12 bits per heavy atom. The highest BCUT2D eigenvalue weighted by Gasteiger charge is 2.59. The molecule has 5 rings (SSSR count). The number of esters is 1. The van der Waals surface area contributed by atoms with Gasteiger partial charge in [0, 0.05) is 6.61 Å². The van der Waals surface area contributed by atoms with E-state index in [1.807, 2.05) is 30.3 Å². The lowest BCUT2D eigenvalue weighted by Gasteiger charge is -2.28. The number of aliphatic carboxylic acids is 1. The van der Waals surface area contributed by atoms with E-state index in [4.69, 9.17) is 9.47 Å². The van der Waals surface area contributed by atoms with Gasteiger partial charge in [0.1, 0.15) is 12.6 Å². The van der Waals surface area contributed by atoms with Crippen LogP contribution in [0, 0.1) is 0 Å². The molecule has 0 radical (unpaired) electrons. The lowest BCUT2D eigenvalue weighted by atomic mass is 9.97. The van der Waals surface area contributed by atoms with Crippen molar-refractivity contribution < 1.29 is 33.8 Å². The predicted octanol–water partition coefficient (Wildman–Crippen LogP) is 1.67. The molecule has 0 bridgehead atoms. The molecule has 2 aromatic rings. The lowest BCUT2D eigenvalue weighted by Crippen LogP contribution is -2.56. The number of benzene rings is 2. The number of carboxylic acid groups (broad SMARTS) is 1. The molecule has 2 amide bonds. The number of carbonyl (C=O) groups is 4. The maximum absolute atomic E-state index is 13.1. The quantitative estimate of drug-likeness (QED) is 0.468. The molecule has 34 heavy (non-hydrogen) atoms. The zero-order valence-corrected chi connectivity index (χ0v) is 18.8. The number of rotatable bonds is 6. The summed E-state index contributed by atoms with van der Waals surface area (Å²) < 4.78 is 10.4. The van der Waals surface area contributed by atoms with E-state index in [2.05, 4.69) is 5.32 Å². The largest absolute Gasteiger partial charge is 0.480 e. The molecular weight excluding hydrogens is 460 g/mol. The minimum atomic E-state index is -1.51. The summed E-state index contributed by atoms with van der Waals surface area (Å²) in [5.41, 5.74) is 1.16. The van der Waals surface area contributed by atoms with E-state index >= 15 is 0 Å². The molecule has 2 fully saturated rings. The number of carbonyl (C=O) groups excluding carboxylic acids is 3. The van der Waals surface area contributed by atoms with Crippen molar-refractivity contribution in [1.29, 1.82) is 0 Å². The van der Waals surface area contributed by atoms with Crippen molar-refractivity contribution in [3.8, 4) is 0 Å². The van der Waals surface area contributed by atoms with Gasteiger partial charge in [-0.15, -0.1) is 11.8 Å². The van der Waals surface area contributed by atoms with Gasteiger partial charge in [-0.2, -0.15) is 0 Å². The normalized spacial score (nSPS) is 26.6.